The molecule has 0 aliphatic carbocycles. The van der Waals surface area contributed by atoms with E-state index in [4.69, 9.17) is 0 Å². The number of amides is 2. The number of nitrogens with zero attached hydrogens (tertiary/aromatic N) is 3. The van der Waals surface area contributed by atoms with Crippen molar-refractivity contribution in [3.05, 3.63) is 105 Å². The molecule has 0 spiro atoms. The first-order valence-corrected chi connectivity index (χ1v) is 15.6. The Kier molecular flexibility index (Phi) is 11.0. The second-order valence-electron chi connectivity index (χ2n) is 9.72. The fourth-order valence-corrected chi connectivity index (χ4v) is 5.26. The molecule has 0 unspecified atom stereocenters. The molecular weight excluding hydrogens is 612 g/mol. The zero-order valence-electron chi connectivity index (χ0n) is 23.1. The molecule has 0 fully saturated rings. The van der Waals surface area contributed by atoms with Gasteiger partial charge in [0, 0.05) is 35.6 Å². The highest BCUT2D eigenvalue weighted by molar-refractivity contribution is 9.10. The van der Waals surface area contributed by atoms with Gasteiger partial charge in [0.15, 0.2) is 0 Å². The van der Waals surface area contributed by atoms with E-state index in [1.807, 2.05) is 68.4 Å². The Morgan fingerprint density at radius 2 is 1.66 bits per heavy atom. The van der Waals surface area contributed by atoms with E-state index in [2.05, 4.69) is 21.2 Å². The molecule has 0 aliphatic heterocycles. The van der Waals surface area contributed by atoms with Gasteiger partial charge < -0.3 is 10.2 Å². The fraction of sp³-hybridized carbons (Fsp3) is 0.310. The van der Waals surface area contributed by atoms with Crippen LogP contribution in [0.5, 0.6) is 0 Å². The summed E-state index contributed by atoms with van der Waals surface area (Å²) >= 11 is 3.40. The van der Waals surface area contributed by atoms with Crippen molar-refractivity contribution in [1.29, 1.82) is 0 Å². The van der Waals surface area contributed by atoms with Crippen LogP contribution in [0.4, 0.5) is 11.4 Å². The number of benzene rings is 3. The maximum atomic E-state index is 14.1. The van der Waals surface area contributed by atoms with Crippen LogP contribution in [0.1, 0.15) is 31.4 Å². The van der Waals surface area contributed by atoms with Crippen molar-refractivity contribution in [3.8, 4) is 0 Å². The summed E-state index contributed by atoms with van der Waals surface area (Å²) in [7, 11) is -4.04. The molecule has 41 heavy (non-hydrogen) atoms. The number of hydrogen-bond donors (Lipinski definition) is 1. The van der Waals surface area contributed by atoms with Gasteiger partial charge in [-0.05, 0) is 42.7 Å². The summed E-state index contributed by atoms with van der Waals surface area (Å²) in [6.07, 6.45) is 1.80. The Hall–Kier alpha value is -3.77. The largest absolute Gasteiger partial charge is 0.352 e. The zero-order valence-corrected chi connectivity index (χ0v) is 25.5. The summed E-state index contributed by atoms with van der Waals surface area (Å²) in [6.45, 7) is 3.18. The van der Waals surface area contributed by atoms with Crippen LogP contribution in [-0.4, -0.2) is 54.9 Å². The van der Waals surface area contributed by atoms with Gasteiger partial charge in [-0.2, -0.15) is 0 Å². The number of carbonyl (C=O) groups excluding carboxylic acids is 2. The molecule has 10 nitrogen and oxygen atoms in total. The number of carbonyl (C=O) groups is 2. The summed E-state index contributed by atoms with van der Waals surface area (Å²) in [4.78, 5) is 39.8. The normalized spacial score (nSPS) is 12.7. The lowest BCUT2D eigenvalue weighted by atomic mass is 10.0. The van der Waals surface area contributed by atoms with Crippen LogP contribution in [0.3, 0.4) is 0 Å². The monoisotopic (exact) mass is 644 g/mol. The van der Waals surface area contributed by atoms with Crippen LogP contribution in [0.25, 0.3) is 0 Å². The van der Waals surface area contributed by atoms with E-state index in [-0.39, 0.29) is 36.3 Å². The van der Waals surface area contributed by atoms with E-state index in [1.54, 1.807) is 0 Å². The van der Waals surface area contributed by atoms with Crippen LogP contribution in [-0.2, 0) is 32.6 Å². The van der Waals surface area contributed by atoms with Gasteiger partial charge in [-0.1, -0.05) is 71.4 Å². The Balaban J connectivity index is 2.07. The molecule has 2 amide bonds. The number of nitro groups is 1. The zero-order chi connectivity index (χ0) is 30.2. The molecule has 0 saturated carbocycles. The van der Waals surface area contributed by atoms with E-state index >= 15 is 0 Å². The average Bonchev–Trinajstić information content (AvgIpc) is 2.94. The van der Waals surface area contributed by atoms with Gasteiger partial charge in [-0.3, -0.25) is 24.0 Å². The number of non-ortho nitro benzene ring substituents is 1. The van der Waals surface area contributed by atoms with Crippen molar-refractivity contribution in [2.45, 2.75) is 45.3 Å². The maximum absolute atomic E-state index is 14.1. The van der Waals surface area contributed by atoms with Crippen LogP contribution in [0, 0.1) is 10.1 Å². The second kappa shape index (κ2) is 14.2. The van der Waals surface area contributed by atoms with Crippen LogP contribution < -0.4 is 9.62 Å². The molecule has 2 atom stereocenters. The summed E-state index contributed by atoms with van der Waals surface area (Å²) < 4.78 is 27.4. The third-order valence-electron chi connectivity index (χ3n) is 6.55. The molecule has 12 heteroatoms. The molecule has 1 N–H and O–H groups in total. The molecule has 3 aromatic rings. The van der Waals surface area contributed by atoms with Gasteiger partial charge in [0.2, 0.25) is 21.8 Å². The second-order valence-corrected chi connectivity index (χ2v) is 12.5. The molecule has 0 radical (unpaired) electrons. The van der Waals surface area contributed by atoms with Crippen molar-refractivity contribution in [2.75, 3.05) is 17.1 Å². The van der Waals surface area contributed by atoms with Gasteiger partial charge in [0.05, 0.1) is 16.9 Å². The lowest BCUT2D eigenvalue weighted by Crippen LogP contribution is -2.54. The van der Waals surface area contributed by atoms with E-state index in [9.17, 15) is 28.1 Å². The van der Waals surface area contributed by atoms with Crippen molar-refractivity contribution < 1.29 is 22.9 Å². The highest BCUT2D eigenvalue weighted by atomic mass is 79.9. The SMILES string of the molecule is CC[C@@H](C)NC(=O)[C@H](Cc1ccccc1)N(Cc1ccc(Br)cc1)C(=O)CN(c1cccc([N+](=O)[O-])c1)S(C)(=O)=O. The number of anilines is 1. The third kappa shape index (κ3) is 9.12. The lowest BCUT2D eigenvalue weighted by molar-refractivity contribution is -0.384. The van der Waals surface area contributed by atoms with Gasteiger partial charge >= 0.3 is 0 Å². The van der Waals surface area contributed by atoms with Gasteiger partial charge in [-0.15, -0.1) is 0 Å². The molecule has 0 bridgehead atoms. The number of halogens is 1. The average molecular weight is 646 g/mol. The minimum absolute atomic E-state index is 0.0256. The van der Waals surface area contributed by atoms with Crippen LogP contribution in [0.2, 0.25) is 0 Å². The van der Waals surface area contributed by atoms with Crippen molar-refractivity contribution in [3.63, 3.8) is 0 Å². The Bertz CT molecular complexity index is 1470. The van der Waals surface area contributed by atoms with E-state index < -0.39 is 33.4 Å². The highest BCUT2D eigenvalue weighted by Gasteiger charge is 2.33. The first-order chi connectivity index (χ1) is 19.4. The number of nitro benzene ring substituents is 1. The standard InChI is InChI=1S/C29H33BrN4O6S/c1-4-21(2)31-29(36)27(17-22-9-6-5-7-10-22)32(19-23-13-15-24(30)16-14-23)28(35)20-33(41(3,39)40)25-11-8-12-26(18-25)34(37)38/h5-16,18,21,27H,4,17,19-20H2,1-3H3,(H,31,36)/t21-,27+/m1/s1. The number of sulfonamides is 1. The number of nitrogens with one attached hydrogen (secondary N) is 1. The summed E-state index contributed by atoms with van der Waals surface area (Å²) in [5.41, 5.74) is 1.22. The van der Waals surface area contributed by atoms with E-state index in [0.717, 1.165) is 32.2 Å². The molecular formula is C29H33BrN4O6S. The molecule has 3 rings (SSSR count). The van der Waals surface area contributed by atoms with E-state index in [1.165, 1.54) is 23.1 Å². The third-order valence-corrected chi connectivity index (χ3v) is 8.22. The molecule has 3 aromatic carbocycles. The Labute approximate surface area is 248 Å². The Morgan fingerprint density at radius 3 is 2.24 bits per heavy atom. The minimum Gasteiger partial charge on any atom is -0.352 e. The number of rotatable bonds is 13. The predicted octanol–water partition coefficient (Wildman–Crippen LogP) is 4.68. The smallest absolute Gasteiger partial charge is 0.271 e. The van der Waals surface area contributed by atoms with Crippen LogP contribution >= 0.6 is 15.9 Å². The maximum Gasteiger partial charge on any atom is 0.271 e. The van der Waals surface area contributed by atoms with Crippen molar-refractivity contribution >= 4 is 49.1 Å². The molecule has 0 aromatic heterocycles. The topological polar surface area (TPSA) is 130 Å². The first kappa shape index (κ1) is 31.8. The van der Waals surface area contributed by atoms with Crippen molar-refractivity contribution in [2.24, 2.45) is 0 Å². The van der Waals surface area contributed by atoms with E-state index in [0.29, 0.717) is 6.42 Å². The highest BCUT2D eigenvalue weighted by Crippen LogP contribution is 2.24. The summed E-state index contributed by atoms with van der Waals surface area (Å²) in [6, 6.07) is 20.5. The minimum atomic E-state index is -4.04. The number of hydrogen-bond acceptors (Lipinski definition) is 6. The quantitative estimate of drug-likeness (QED) is 0.212. The fourth-order valence-electron chi connectivity index (χ4n) is 4.16. The molecule has 0 aliphatic rings. The first-order valence-electron chi connectivity index (χ1n) is 13.0. The summed E-state index contributed by atoms with van der Waals surface area (Å²) in [5, 5.41) is 14.3. The van der Waals surface area contributed by atoms with Crippen LogP contribution in [0.15, 0.2) is 83.3 Å². The summed E-state index contributed by atoms with van der Waals surface area (Å²) in [5.74, 6) is -1.000. The van der Waals surface area contributed by atoms with Gasteiger partial charge in [-0.25, -0.2) is 8.42 Å². The predicted molar refractivity (Wildman–Crippen MR) is 162 cm³/mol. The molecule has 218 valence electrons. The van der Waals surface area contributed by atoms with Gasteiger partial charge in [0.25, 0.3) is 5.69 Å². The Morgan fingerprint density at radius 1 is 1.00 bits per heavy atom. The lowest BCUT2D eigenvalue weighted by Gasteiger charge is -2.34. The van der Waals surface area contributed by atoms with Gasteiger partial charge in [0.1, 0.15) is 12.6 Å². The molecule has 0 heterocycles. The van der Waals surface area contributed by atoms with Crippen molar-refractivity contribution in [1.82, 2.24) is 10.2 Å². The molecule has 0 saturated heterocycles.